The predicted molar refractivity (Wildman–Crippen MR) is 143 cm³/mol. The van der Waals surface area contributed by atoms with Crippen molar-refractivity contribution >= 4 is 40.4 Å². The number of benzene rings is 2. The second-order valence-electron chi connectivity index (χ2n) is 9.11. The molecule has 0 spiro atoms. The van der Waals surface area contributed by atoms with Crippen molar-refractivity contribution in [1.82, 2.24) is 9.88 Å². The number of aromatic nitrogens is 1. The van der Waals surface area contributed by atoms with Crippen LogP contribution in [0.25, 0.3) is 5.76 Å². The lowest BCUT2D eigenvalue weighted by molar-refractivity contribution is -0.132. The number of ketones is 1. The molecule has 5 rings (SSSR count). The van der Waals surface area contributed by atoms with E-state index < -0.39 is 17.7 Å². The van der Waals surface area contributed by atoms with Crippen LogP contribution in [0.2, 0.25) is 5.02 Å². The van der Waals surface area contributed by atoms with Crippen molar-refractivity contribution in [2.24, 2.45) is 0 Å². The van der Waals surface area contributed by atoms with E-state index in [1.54, 1.807) is 42.7 Å². The van der Waals surface area contributed by atoms with Crippen LogP contribution in [-0.2, 0) is 9.59 Å². The molecule has 2 aliphatic heterocycles. The van der Waals surface area contributed by atoms with Crippen LogP contribution in [0.1, 0.15) is 17.2 Å². The van der Waals surface area contributed by atoms with Gasteiger partial charge < -0.3 is 19.6 Å². The molecular weight excluding hydrogens is 492 g/mol. The summed E-state index contributed by atoms with van der Waals surface area (Å²) in [5.41, 5.74) is 2.59. The highest BCUT2D eigenvalue weighted by molar-refractivity contribution is 6.51. The average Bonchev–Trinajstić information content (AvgIpc) is 3.19. The Morgan fingerprint density at radius 1 is 0.973 bits per heavy atom. The van der Waals surface area contributed by atoms with Gasteiger partial charge in [0.05, 0.1) is 23.7 Å². The number of pyridine rings is 1. The minimum absolute atomic E-state index is 0.0104. The fourth-order valence-corrected chi connectivity index (χ4v) is 5.01. The molecule has 9 heteroatoms. The Bertz CT molecular complexity index is 1350. The molecule has 190 valence electrons. The van der Waals surface area contributed by atoms with Gasteiger partial charge in [-0.2, -0.15) is 0 Å². The molecule has 8 nitrogen and oxygen atoms in total. The Morgan fingerprint density at radius 3 is 2.27 bits per heavy atom. The van der Waals surface area contributed by atoms with Crippen molar-refractivity contribution in [1.29, 1.82) is 0 Å². The van der Waals surface area contributed by atoms with Gasteiger partial charge >= 0.3 is 0 Å². The van der Waals surface area contributed by atoms with E-state index in [9.17, 15) is 14.7 Å². The zero-order valence-corrected chi connectivity index (χ0v) is 21.4. The number of aliphatic hydroxyl groups is 1. The van der Waals surface area contributed by atoms with Gasteiger partial charge in [0.1, 0.15) is 11.5 Å². The van der Waals surface area contributed by atoms with Gasteiger partial charge in [-0.1, -0.05) is 11.6 Å². The maximum absolute atomic E-state index is 13.4. The largest absolute Gasteiger partial charge is 0.507 e. The fraction of sp³-hybridized carbons (Fsp3) is 0.250. The first-order chi connectivity index (χ1) is 17.9. The quantitative estimate of drug-likeness (QED) is 0.309. The van der Waals surface area contributed by atoms with Crippen LogP contribution in [0, 0.1) is 0 Å². The average molecular weight is 519 g/mol. The molecule has 2 aromatic carbocycles. The Hall–Kier alpha value is -3.88. The number of likely N-dealkylation sites (N-methyl/N-ethyl adjacent to an activating group) is 1. The summed E-state index contributed by atoms with van der Waals surface area (Å²) in [7, 11) is 3.57. The molecule has 1 N–H and O–H groups in total. The fourth-order valence-electron chi connectivity index (χ4n) is 4.81. The lowest BCUT2D eigenvalue weighted by atomic mass is 9.95. The number of nitrogens with zero attached hydrogens (tertiary/aromatic N) is 4. The lowest BCUT2D eigenvalue weighted by Crippen LogP contribution is -2.44. The van der Waals surface area contributed by atoms with Crippen LogP contribution in [-0.4, -0.2) is 67.0 Å². The number of aliphatic hydroxyl groups excluding tert-OH is 1. The number of Topliss-reactive ketones (excluding diaryl/α,β-unsaturated/α-hetero) is 1. The first-order valence-electron chi connectivity index (χ1n) is 12.0. The van der Waals surface area contributed by atoms with Crippen LogP contribution < -0.4 is 14.5 Å². The maximum Gasteiger partial charge on any atom is 0.300 e. The number of ether oxygens (including phenoxy) is 1. The molecule has 3 aromatic rings. The van der Waals surface area contributed by atoms with Crippen LogP contribution in [0.4, 0.5) is 11.4 Å². The third kappa shape index (κ3) is 4.65. The summed E-state index contributed by atoms with van der Waals surface area (Å²) in [4.78, 5) is 36.8. The topological polar surface area (TPSA) is 86.2 Å². The van der Waals surface area contributed by atoms with Crippen molar-refractivity contribution < 1.29 is 19.4 Å². The van der Waals surface area contributed by atoms with Gasteiger partial charge in [-0.15, -0.1) is 0 Å². The Labute approximate surface area is 220 Å². The van der Waals surface area contributed by atoms with E-state index in [-0.39, 0.29) is 11.3 Å². The van der Waals surface area contributed by atoms with Gasteiger partial charge in [-0.3, -0.25) is 19.5 Å². The highest BCUT2D eigenvalue weighted by atomic mass is 35.5. The molecule has 1 atom stereocenters. The van der Waals surface area contributed by atoms with Crippen LogP contribution in [0.5, 0.6) is 5.75 Å². The number of hydrogen-bond acceptors (Lipinski definition) is 7. The van der Waals surface area contributed by atoms with E-state index in [4.69, 9.17) is 16.3 Å². The van der Waals surface area contributed by atoms with E-state index in [1.807, 2.05) is 24.3 Å². The van der Waals surface area contributed by atoms with Crippen molar-refractivity contribution in [2.75, 3.05) is 50.1 Å². The van der Waals surface area contributed by atoms with Crippen LogP contribution in [0.15, 0.2) is 72.6 Å². The number of carbonyl (C=O) groups excluding carboxylic acids is 2. The number of amides is 1. The van der Waals surface area contributed by atoms with Crippen molar-refractivity contribution in [2.45, 2.75) is 6.04 Å². The molecule has 2 fully saturated rings. The summed E-state index contributed by atoms with van der Waals surface area (Å²) >= 11 is 6.15. The molecular formula is C28H27ClN4O4. The minimum atomic E-state index is -0.834. The number of rotatable bonds is 5. The lowest BCUT2D eigenvalue weighted by Gasteiger charge is -2.34. The molecule has 0 radical (unpaired) electrons. The van der Waals surface area contributed by atoms with Crippen molar-refractivity contribution in [3.05, 3.63) is 88.7 Å². The zero-order chi connectivity index (χ0) is 26.1. The van der Waals surface area contributed by atoms with Gasteiger partial charge in [0.2, 0.25) is 0 Å². The molecule has 1 unspecified atom stereocenters. The Kier molecular flexibility index (Phi) is 6.86. The Morgan fingerprint density at radius 2 is 1.62 bits per heavy atom. The Balaban J connectivity index is 1.57. The van der Waals surface area contributed by atoms with E-state index in [2.05, 4.69) is 21.8 Å². The SMILES string of the molecule is COc1cc(/C(O)=C2/C(=O)C(=O)N(c3ccc(N4CCN(C)CC4)cc3)C2c2ccncc2)ccc1Cl. The molecule has 1 amide bonds. The first-order valence-corrected chi connectivity index (χ1v) is 12.3. The molecule has 2 aliphatic rings. The van der Waals surface area contributed by atoms with Crippen LogP contribution in [0.3, 0.4) is 0 Å². The van der Waals surface area contributed by atoms with Gasteiger partial charge in [0.25, 0.3) is 11.7 Å². The molecule has 2 saturated heterocycles. The molecule has 0 saturated carbocycles. The molecule has 3 heterocycles. The standard InChI is InChI=1S/C28H27ClN4O4/c1-31-13-15-32(16-14-31)20-4-6-21(7-5-20)33-25(18-9-11-30-12-10-18)24(27(35)28(33)36)26(34)19-3-8-22(29)23(17-19)37-2/h3-12,17,25,34H,13-16H2,1-2H3/b26-24-. The maximum atomic E-state index is 13.4. The van der Waals surface area contributed by atoms with E-state index in [0.717, 1.165) is 31.9 Å². The number of hydrogen-bond donors (Lipinski definition) is 1. The third-order valence-corrected chi connectivity index (χ3v) is 7.20. The van der Waals surface area contributed by atoms with E-state index in [1.165, 1.54) is 12.0 Å². The van der Waals surface area contributed by atoms with Crippen molar-refractivity contribution in [3.8, 4) is 5.75 Å². The second-order valence-corrected chi connectivity index (χ2v) is 9.51. The normalized spacial score (nSPS) is 19.9. The van der Waals surface area contributed by atoms with Gasteiger partial charge in [0.15, 0.2) is 0 Å². The second kappa shape index (κ2) is 10.2. The number of piperazine rings is 1. The van der Waals surface area contributed by atoms with Gasteiger partial charge in [-0.25, -0.2) is 0 Å². The van der Waals surface area contributed by atoms with E-state index in [0.29, 0.717) is 27.6 Å². The number of halogens is 1. The summed E-state index contributed by atoms with van der Waals surface area (Å²) in [6.45, 7) is 3.80. The van der Waals surface area contributed by atoms with Crippen LogP contribution >= 0.6 is 11.6 Å². The number of anilines is 2. The summed E-state index contributed by atoms with van der Waals surface area (Å²) in [6, 6.07) is 15.0. The first kappa shape index (κ1) is 24.8. The smallest absolute Gasteiger partial charge is 0.300 e. The number of methoxy groups -OCH3 is 1. The summed E-state index contributed by atoms with van der Waals surface area (Å²) in [6.07, 6.45) is 3.19. The summed E-state index contributed by atoms with van der Waals surface area (Å²) in [5.74, 6) is -1.43. The predicted octanol–water partition coefficient (Wildman–Crippen LogP) is 4.12. The summed E-state index contributed by atoms with van der Waals surface area (Å²) in [5, 5.41) is 11.7. The summed E-state index contributed by atoms with van der Waals surface area (Å²) < 4.78 is 5.27. The van der Waals surface area contributed by atoms with E-state index >= 15 is 0 Å². The monoisotopic (exact) mass is 518 g/mol. The highest BCUT2D eigenvalue weighted by Crippen LogP contribution is 2.43. The molecule has 37 heavy (non-hydrogen) atoms. The molecule has 0 bridgehead atoms. The third-order valence-electron chi connectivity index (χ3n) is 6.89. The molecule has 0 aliphatic carbocycles. The highest BCUT2D eigenvalue weighted by Gasteiger charge is 2.47. The van der Waals surface area contributed by atoms with Gasteiger partial charge in [-0.05, 0) is 67.2 Å². The molecule has 1 aromatic heterocycles. The minimum Gasteiger partial charge on any atom is -0.507 e. The van der Waals surface area contributed by atoms with Crippen molar-refractivity contribution in [3.63, 3.8) is 0 Å². The zero-order valence-electron chi connectivity index (χ0n) is 20.6. The van der Waals surface area contributed by atoms with Gasteiger partial charge in [0, 0.05) is 55.5 Å². The number of carbonyl (C=O) groups is 2.